The van der Waals surface area contributed by atoms with Gasteiger partial charge in [0.05, 0.1) is 6.61 Å². The van der Waals surface area contributed by atoms with E-state index in [0.29, 0.717) is 12.8 Å². The van der Waals surface area contributed by atoms with Gasteiger partial charge in [0.15, 0.2) is 6.10 Å². The molecule has 0 spiro atoms. The summed E-state index contributed by atoms with van der Waals surface area (Å²) in [7, 11) is 0. The molecule has 5 nitrogen and oxygen atoms in total. The van der Waals surface area contributed by atoms with Crippen molar-refractivity contribution < 1.29 is 24.2 Å². The molecule has 5 heteroatoms. The van der Waals surface area contributed by atoms with Gasteiger partial charge in [-0.1, -0.05) is 209 Å². The SMILES string of the molecule is CC/C=C\C/C=C\C/C=C\C/C=C\C/C=C\CCCCCCCCCCCCCCCC(=O)OC(CO)COC(=O)CCCCCCC/C=C\CCCCCCCC. The van der Waals surface area contributed by atoms with E-state index in [-0.39, 0.29) is 25.2 Å². The fraction of sp³-hybridized carbons (Fsp3) is 0.736. The first kappa shape index (κ1) is 55.3. The van der Waals surface area contributed by atoms with Crippen LogP contribution in [0.25, 0.3) is 0 Å². The number of rotatable bonds is 44. The predicted octanol–water partition coefficient (Wildman–Crippen LogP) is 16.1. The van der Waals surface area contributed by atoms with Crippen LogP contribution in [-0.2, 0) is 19.1 Å². The van der Waals surface area contributed by atoms with Gasteiger partial charge < -0.3 is 14.6 Å². The molecule has 0 rings (SSSR count). The second-order valence-electron chi connectivity index (χ2n) is 16.2. The molecule has 0 saturated heterocycles. The fourth-order valence-electron chi connectivity index (χ4n) is 6.81. The molecular weight excluding hydrogens is 717 g/mol. The molecule has 1 atom stereocenters. The molecule has 1 unspecified atom stereocenters. The summed E-state index contributed by atoms with van der Waals surface area (Å²) < 4.78 is 10.7. The molecular formula is C53H92O5. The highest BCUT2D eigenvalue weighted by Crippen LogP contribution is 2.15. The predicted molar refractivity (Wildman–Crippen MR) is 251 cm³/mol. The van der Waals surface area contributed by atoms with E-state index in [0.717, 1.165) is 77.0 Å². The zero-order valence-electron chi connectivity index (χ0n) is 38.0. The minimum Gasteiger partial charge on any atom is -0.462 e. The Hall–Kier alpha value is -2.66. The lowest BCUT2D eigenvalue weighted by molar-refractivity contribution is -0.161. The summed E-state index contributed by atoms with van der Waals surface area (Å²) in [4.78, 5) is 24.4. The lowest BCUT2D eigenvalue weighted by Gasteiger charge is -2.15. The Kier molecular flexibility index (Phi) is 46.5. The van der Waals surface area contributed by atoms with E-state index in [9.17, 15) is 14.7 Å². The molecule has 0 aliphatic carbocycles. The van der Waals surface area contributed by atoms with Crippen LogP contribution in [0.15, 0.2) is 72.9 Å². The number of allylic oxidation sites excluding steroid dienone is 12. The molecule has 334 valence electrons. The fourth-order valence-corrected chi connectivity index (χ4v) is 6.81. The molecule has 0 heterocycles. The first-order chi connectivity index (χ1) is 28.6. The number of carbonyl (C=O) groups is 2. The van der Waals surface area contributed by atoms with Gasteiger partial charge in [0.25, 0.3) is 0 Å². The van der Waals surface area contributed by atoms with Crippen molar-refractivity contribution in [1.82, 2.24) is 0 Å². The second-order valence-corrected chi connectivity index (χ2v) is 16.2. The van der Waals surface area contributed by atoms with Gasteiger partial charge in [-0.25, -0.2) is 0 Å². The monoisotopic (exact) mass is 809 g/mol. The average molecular weight is 809 g/mol. The molecule has 0 aromatic carbocycles. The summed E-state index contributed by atoms with van der Waals surface area (Å²) in [5.41, 5.74) is 0. The largest absolute Gasteiger partial charge is 0.462 e. The number of hydrogen-bond acceptors (Lipinski definition) is 5. The number of unbranched alkanes of at least 4 members (excludes halogenated alkanes) is 24. The maximum atomic E-state index is 12.3. The summed E-state index contributed by atoms with van der Waals surface area (Å²) in [6, 6.07) is 0. The van der Waals surface area contributed by atoms with Crippen molar-refractivity contribution in [2.75, 3.05) is 13.2 Å². The Balaban J connectivity index is 3.52. The van der Waals surface area contributed by atoms with E-state index in [2.05, 4.69) is 86.8 Å². The normalized spacial score (nSPS) is 12.8. The average Bonchev–Trinajstić information content (AvgIpc) is 3.23. The number of carbonyl (C=O) groups excluding carboxylic acids is 2. The third-order valence-electron chi connectivity index (χ3n) is 10.5. The third-order valence-corrected chi connectivity index (χ3v) is 10.5. The second kappa shape index (κ2) is 48.7. The first-order valence-electron chi connectivity index (χ1n) is 24.5. The van der Waals surface area contributed by atoms with Crippen LogP contribution in [-0.4, -0.2) is 36.4 Å². The van der Waals surface area contributed by atoms with Gasteiger partial charge in [-0.15, -0.1) is 0 Å². The summed E-state index contributed by atoms with van der Waals surface area (Å²) in [6.07, 6.45) is 65.6. The summed E-state index contributed by atoms with van der Waals surface area (Å²) >= 11 is 0. The van der Waals surface area contributed by atoms with Crippen LogP contribution in [0.1, 0.15) is 232 Å². The van der Waals surface area contributed by atoms with Crippen LogP contribution in [0, 0.1) is 0 Å². The summed E-state index contributed by atoms with van der Waals surface area (Å²) in [5.74, 6) is -0.600. The molecule has 58 heavy (non-hydrogen) atoms. The third kappa shape index (κ3) is 46.0. The quantitative estimate of drug-likeness (QED) is 0.0377. The van der Waals surface area contributed by atoms with Gasteiger partial charge in [-0.05, 0) is 83.5 Å². The number of aliphatic hydroxyl groups excluding tert-OH is 1. The number of esters is 2. The Morgan fingerprint density at radius 3 is 1.14 bits per heavy atom. The maximum absolute atomic E-state index is 12.3. The Labute approximate surface area is 359 Å². The molecule has 0 aliphatic rings. The van der Waals surface area contributed by atoms with Crippen molar-refractivity contribution in [1.29, 1.82) is 0 Å². The molecule has 0 fully saturated rings. The van der Waals surface area contributed by atoms with Gasteiger partial charge in [0.1, 0.15) is 6.61 Å². The van der Waals surface area contributed by atoms with Crippen LogP contribution < -0.4 is 0 Å². The van der Waals surface area contributed by atoms with E-state index in [1.165, 1.54) is 128 Å². The summed E-state index contributed by atoms with van der Waals surface area (Å²) in [6.45, 7) is 4.02. The standard InChI is InChI=1S/C53H92O5/c1-3-5-7-9-11-13-15-17-19-20-21-22-23-24-25-26-27-28-29-30-31-32-34-36-38-40-42-44-46-48-53(56)58-51(49-54)50-57-52(55)47-45-43-41-39-37-35-33-18-16-14-12-10-8-6-4-2/h5,7,11,13,17-19,21-22,24-25,33,51,54H,3-4,6,8-10,12,14-16,20,23,26-32,34-50H2,1-2H3/b7-5-,13-11-,19-17-,22-21-,25-24-,33-18-. The van der Waals surface area contributed by atoms with Gasteiger partial charge >= 0.3 is 11.9 Å². The van der Waals surface area contributed by atoms with Crippen LogP contribution >= 0.6 is 0 Å². The highest BCUT2D eigenvalue weighted by Gasteiger charge is 2.16. The minimum absolute atomic E-state index is 0.0715. The molecule has 0 radical (unpaired) electrons. The maximum Gasteiger partial charge on any atom is 0.306 e. The van der Waals surface area contributed by atoms with Crippen molar-refractivity contribution in [2.24, 2.45) is 0 Å². The van der Waals surface area contributed by atoms with Gasteiger partial charge in [-0.3, -0.25) is 9.59 Å². The van der Waals surface area contributed by atoms with E-state index in [1.54, 1.807) is 0 Å². The van der Waals surface area contributed by atoms with Gasteiger partial charge in [0, 0.05) is 12.8 Å². The lowest BCUT2D eigenvalue weighted by Crippen LogP contribution is -2.28. The van der Waals surface area contributed by atoms with Crippen molar-refractivity contribution in [3.8, 4) is 0 Å². The molecule has 0 aromatic rings. The lowest BCUT2D eigenvalue weighted by atomic mass is 10.0. The van der Waals surface area contributed by atoms with Gasteiger partial charge in [0.2, 0.25) is 0 Å². The van der Waals surface area contributed by atoms with E-state index in [4.69, 9.17) is 9.47 Å². The molecule has 0 amide bonds. The molecule has 0 bridgehead atoms. The van der Waals surface area contributed by atoms with Gasteiger partial charge in [-0.2, -0.15) is 0 Å². The van der Waals surface area contributed by atoms with E-state index in [1.807, 2.05) is 0 Å². The molecule has 0 saturated carbocycles. The van der Waals surface area contributed by atoms with Crippen molar-refractivity contribution in [3.05, 3.63) is 72.9 Å². The number of hydrogen-bond donors (Lipinski definition) is 1. The zero-order valence-corrected chi connectivity index (χ0v) is 38.0. The zero-order chi connectivity index (χ0) is 42.1. The smallest absolute Gasteiger partial charge is 0.306 e. The number of ether oxygens (including phenoxy) is 2. The highest BCUT2D eigenvalue weighted by molar-refractivity contribution is 5.70. The van der Waals surface area contributed by atoms with Crippen molar-refractivity contribution in [2.45, 2.75) is 238 Å². The molecule has 0 aromatic heterocycles. The molecule has 1 N–H and O–H groups in total. The minimum atomic E-state index is -0.778. The number of aliphatic hydroxyl groups is 1. The first-order valence-corrected chi connectivity index (χ1v) is 24.5. The van der Waals surface area contributed by atoms with Crippen LogP contribution in [0.5, 0.6) is 0 Å². The van der Waals surface area contributed by atoms with Crippen LogP contribution in [0.4, 0.5) is 0 Å². The van der Waals surface area contributed by atoms with E-state index < -0.39 is 6.10 Å². The van der Waals surface area contributed by atoms with E-state index >= 15 is 0 Å². The highest BCUT2D eigenvalue weighted by atomic mass is 16.6. The molecule has 0 aliphatic heterocycles. The van der Waals surface area contributed by atoms with Crippen molar-refractivity contribution >= 4 is 11.9 Å². The van der Waals surface area contributed by atoms with Crippen molar-refractivity contribution in [3.63, 3.8) is 0 Å². The topological polar surface area (TPSA) is 72.8 Å². The Morgan fingerprint density at radius 2 is 0.741 bits per heavy atom. The summed E-state index contributed by atoms with van der Waals surface area (Å²) in [5, 5.41) is 9.61. The van der Waals surface area contributed by atoms with Crippen LogP contribution in [0.3, 0.4) is 0 Å². The van der Waals surface area contributed by atoms with Crippen LogP contribution in [0.2, 0.25) is 0 Å². The Bertz CT molecular complexity index is 1050. The Morgan fingerprint density at radius 1 is 0.414 bits per heavy atom.